The van der Waals surface area contributed by atoms with Crippen LogP contribution in [0.5, 0.6) is 0 Å². The lowest BCUT2D eigenvalue weighted by Gasteiger charge is -2.26. The first-order chi connectivity index (χ1) is 10.1. The van der Waals surface area contributed by atoms with E-state index in [1.54, 1.807) is 11.8 Å². The van der Waals surface area contributed by atoms with Crippen LogP contribution >= 0.6 is 39.5 Å². The molecule has 108 valence electrons. The Bertz CT molecular complexity index is 723. The summed E-state index contributed by atoms with van der Waals surface area (Å²) in [5.41, 5.74) is 1.28. The Hall–Kier alpha value is -0.920. The summed E-state index contributed by atoms with van der Waals surface area (Å²) in [6, 6.07) is 8.52. The zero-order chi connectivity index (χ0) is 14.6. The van der Waals surface area contributed by atoms with Crippen molar-refractivity contribution in [2.75, 3.05) is 5.01 Å². The van der Waals surface area contributed by atoms with Crippen LogP contribution in [-0.2, 0) is 0 Å². The molecule has 1 unspecified atom stereocenters. The number of nitrogens with zero attached hydrogens (tertiary/aromatic N) is 4. The summed E-state index contributed by atoms with van der Waals surface area (Å²) >= 11 is 7.02. The molecule has 4 nitrogen and oxygen atoms in total. The lowest BCUT2D eigenvalue weighted by atomic mass is 10.2. The quantitative estimate of drug-likeness (QED) is 0.768. The number of hydrogen-bond acceptors (Lipinski definition) is 5. The number of hydrogen-bond donors (Lipinski definition) is 0. The smallest absolute Gasteiger partial charge is 0.216 e. The molecule has 1 aromatic heterocycles. The minimum Gasteiger partial charge on any atom is -0.252 e. The molecule has 0 radical (unpaired) electrons. The van der Waals surface area contributed by atoms with Gasteiger partial charge in [-0.25, -0.2) is 4.68 Å². The highest BCUT2D eigenvalue weighted by molar-refractivity contribution is 9.10. The van der Waals surface area contributed by atoms with Crippen LogP contribution in [0.3, 0.4) is 0 Å². The van der Waals surface area contributed by atoms with E-state index in [1.165, 1.54) is 10.6 Å². The number of benzene rings is 1. The van der Waals surface area contributed by atoms with Crippen LogP contribution in [0, 0.1) is 0 Å². The number of aromatic nitrogens is 3. The van der Waals surface area contributed by atoms with Crippen LogP contribution in [-0.4, -0.2) is 14.9 Å². The van der Waals surface area contributed by atoms with Crippen LogP contribution in [0.2, 0.25) is 0 Å². The van der Waals surface area contributed by atoms with Gasteiger partial charge in [0.1, 0.15) is 10.4 Å². The number of halogens is 1. The maximum Gasteiger partial charge on any atom is 0.216 e. The Labute approximate surface area is 140 Å². The Morgan fingerprint density at radius 1 is 1.19 bits per heavy atom. The molecular formula is C14H13BrN4S2. The van der Waals surface area contributed by atoms with E-state index < -0.39 is 0 Å². The summed E-state index contributed by atoms with van der Waals surface area (Å²) in [5.74, 6) is 1.37. The number of fused-ring (bicyclic) bond motifs is 3. The molecule has 3 heterocycles. The van der Waals surface area contributed by atoms with Gasteiger partial charge in [-0.05, 0) is 29.5 Å². The highest BCUT2D eigenvalue weighted by Gasteiger charge is 2.39. The predicted molar refractivity (Wildman–Crippen MR) is 90.7 cm³/mol. The SMILES string of the molecule is CC(C)c1nnc2n1N1C(=CSC1c1ccc(Br)cc1)S2. The molecule has 21 heavy (non-hydrogen) atoms. The van der Waals surface area contributed by atoms with E-state index in [0.717, 1.165) is 15.5 Å². The maximum absolute atomic E-state index is 4.35. The van der Waals surface area contributed by atoms with Gasteiger partial charge in [0.15, 0.2) is 5.82 Å². The second-order valence-corrected chi connectivity index (χ2v) is 8.11. The van der Waals surface area contributed by atoms with E-state index in [0.29, 0.717) is 5.92 Å². The van der Waals surface area contributed by atoms with Crippen molar-refractivity contribution in [3.05, 3.63) is 50.6 Å². The Kier molecular flexibility index (Phi) is 3.31. The third kappa shape index (κ3) is 2.13. The largest absolute Gasteiger partial charge is 0.252 e. The molecule has 7 heteroatoms. The molecule has 0 aliphatic carbocycles. The molecule has 2 aliphatic heterocycles. The van der Waals surface area contributed by atoms with Gasteiger partial charge in [-0.3, -0.25) is 5.01 Å². The first-order valence-corrected chi connectivity index (χ1v) is 9.24. The van der Waals surface area contributed by atoms with Gasteiger partial charge < -0.3 is 0 Å². The fourth-order valence-electron chi connectivity index (χ4n) is 2.47. The molecule has 0 saturated heterocycles. The molecule has 2 aromatic rings. The van der Waals surface area contributed by atoms with Crippen molar-refractivity contribution >= 4 is 39.5 Å². The van der Waals surface area contributed by atoms with Crippen molar-refractivity contribution in [1.82, 2.24) is 14.9 Å². The monoisotopic (exact) mass is 380 g/mol. The number of thioether (sulfide) groups is 2. The predicted octanol–water partition coefficient (Wildman–Crippen LogP) is 4.45. The van der Waals surface area contributed by atoms with Crippen LogP contribution in [0.25, 0.3) is 0 Å². The summed E-state index contributed by atoms with van der Waals surface area (Å²) in [6.07, 6.45) is 0. The topological polar surface area (TPSA) is 34.0 Å². The molecule has 0 fully saturated rings. The standard InChI is InChI=1S/C14H13BrN4S2/c1-8(2)12-16-17-14-19(12)18-11(21-14)7-20-13(18)9-3-5-10(15)6-4-9/h3-8,13H,1-2H3. The lowest BCUT2D eigenvalue weighted by molar-refractivity contribution is 0.582. The summed E-state index contributed by atoms with van der Waals surface area (Å²) < 4.78 is 3.28. The number of rotatable bonds is 2. The maximum atomic E-state index is 4.35. The average molecular weight is 381 g/mol. The first-order valence-electron chi connectivity index (χ1n) is 6.69. The van der Waals surface area contributed by atoms with Crippen LogP contribution in [0.1, 0.15) is 36.5 Å². The molecular weight excluding hydrogens is 368 g/mol. The molecule has 0 spiro atoms. The fourth-order valence-corrected chi connectivity index (χ4v) is 4.97. The Balaban J connectivity index is 1.77. The molecule has 0 saturated carbocycles. The van der Waals surface area contributed by atoms with Crippen LogP contribution in [0.4, 0.5) is 0 Å². The van der Waals surface area contributed by atoms with Gasteiger partial charge in [0.05, 0.1) is 0 Å². The summed E-state index contributed by atoms with van der Waals surface area (Å²) in [7, 11) is 0. The Morgan fingerprint density at radius 2 is 1.95 bits per heavy atom. The zero-order valence-corrected chi connectivity index (χ0v) is 14.7. The zero-order valence-electron chi connectivity index (χ0n) is 11.5. The van der Waals surface area contributed by atoms with E-state index in [-0.39, 0.29) is 5.37 Å². The van der Waals surface area contributed by atoms with Gasteiger partial charge >= 0.3 is 0 Å². The molecule has 0 bridgehead atoms. The summed E-state index contributed by atoms with van der Waals surface area (Å²) in [5, 5.41) is 15.6. The van der Waals surface area contributed by atoms with Gasteiger partial charge in [-0.2, -0.15) is 0 Å². The highest BCUT2D eigenvalue weighted by atomic mass is 79.9. The van der Waals surface area contributed by atoms with E-state index >= 15 is 0 Å². The minimum atomic E-state index is 0.246. The molecule has 0 amide bonds. The van der Waals surface area contributed by atoms with E-state index in [1.807, 2.05) is 11.8 Å². The van der Waals surface area contributed by atoms with Crippen molar-refractivity contribution in [2.24, 2.45) is 0 Å². The van der Waals surface area contributed by atoms with Crippen LogP contribution < -0.4 is 5.01 Å². The van der Waals surface area contributed by atoms with E-state index in [9.17, 15) is 0 Å². The third-order valence-corrected chi connectivity index (χ3v) is 6.18. The Morgan fingerprint density at radius 3 is 2.67 bits per heavy atom. The van der Waals surface area contributed by atoms with Gasteiger partial charge in [-0.1, -0.05) is 53.7 Å². The molecule has 1 aromatic carbocycles. The van der Waals surface area contributed by atoms with Gasteiger partial charge in [0, 0.05) is 15.8 Å². The van der Waals surface area contributed by atoms with Crippen molar-refractivity contribution in [3.8, 4) is 0 Å². The summed E-state index contributed by atoms with van der Waals surface area (Å²) in [6.45, 7) is 4.31. The fraction of sp³-hybridized carbons (Fsp3) is 0.286. The average Bonchev–Trinajstić information content (AvgIpc) is 3.09. The van der Waals surface area contributed by atoms with Crippen molar-refractivity contribution in [3.63, 3.8) is 0 Å². The van der Waals surface area contributed by atoms with Crippen LogP contribution in [0.15, 0.2) is 44.3 Å². The normalized spacial score (nSPS) is 19.9. The lowest BCUT2D eigenvalue weighted by Crippen LogP contribution is -2.31. The van der Waals surface area contributed by atoms with Crippen molar-refractivity contribution in [1.29, 1.82) is 0 Å². The second-order valence-electron chi connectivity index (χ2n) is 5.25. The second kappa shape index (κ2) is 5.07. The summed E-state index contributed by atoms with van der Waals surface area (Å²) in [4.78, 5) is 0. The van der Waals surface area contributed by atoms with Gasteiger partial charge in [0.2, 0.25) is 5.16 Å². The molecule has 1 atom stereocenters. The van der Waals surface area contributed by atoms with Crippen molar-refractivity contribution < 1.29 is 0 Å². The highest BCUT2D eigenvalue weighted by Crippen LogP contribution is 2.51. The minimum absolute atomic E-state index is 0.246. The van der Waals surface area contributed by atoms with E-state index in [2.05, 4.69) is 79.3 Å². The molecule has 2 aliphatic rings. The van der Waals surface area contributed by atoms with E-state index in [4.69, 9.17) is 0 Å². The first kappa shape index (κ1) is 13.7. The van der Waals surface area contributed by atoms with Gasteiger partial charge in [0.25, 0.3) is 0 Å². The third-order valence-electron chi connectivity index (χ3n) is 3.46. The van der Waals surface area contributed by atoms with Crippen molar-refractivity contribution in [2.45, 2.75) is 30.3 Å². The molecule has 4 rings (SSSR count). The molecule has 0 N–H and O–H groups in total. The van der Waals surface area contributed by atoms with Gasteiger partial charge in [-0.15, -0.1) is 10.2 Å².